The number of aliphatic hydroxyl groups is 1. The van der Waals surface area contributed by atoms with Gasteiger partial charge >= 0.3 is 0 Å². The van der Waals surface area contributed by atoms with Gasteiger partial charge in [-0.15, -0.1) is 0 Å². The molecule has 1 aromatic rings. The van der Waals surface area contributed by atoms with Gasteiger partial charge in [0, 0.05) is 12.3 Å². The number of rotatable bonds is 1. The van der Waals surface area contributed by atoms with Gasteiger partial charge in [-0.3, -0.25) is 0 Å². The zero-order valence-electron chi connectivity index (χ0n) is 8.20. The maximum absolute atomic E-state index is 9.95. The number of fused-ring (bicyclic) bond motifs is 1. The van der Waals surface area contributed by atoms with Crippen LogP contribution in [0.1, 0.15) is 29.2 Å². The van der Waals surface area contributed by atoms with E-state index in [1.807, 2.05) is 13.0 Å². The number of aliphatic hydroxyl groups excluding tert-OH is 1. The summed E-state index contributed by atoms with van der Waals surface area (Å²) >= 11 is 0. The molecule has 0 aromatic heterocycles. The molecule has 2 atom stereocenters. The van der Waals surface area contributed by atoms with Crippen molar-refractivity contribution in [1.82, 2.24) is 0 Å². The van der Waals surface area contributed by atoms with Gasteiger partial charge in [0.15, 0.2) is 0 Å². The topological polar surface area (TPSA) is 44.0 Å². The van der Waals surface area contributed by atoms with Gasteiger partial charge in [-0.2, -0.15) is 5.26 Å². The number of hydrogen-bond acceptors (Lipinski definition) is 2. The smallest absolute Gasteiger partial charge is 0.0834 e. The number of benzene rings is 1. The molecule has 0 saturated heterocycles. The summed E-state index contributed by atoms with van der Waals surface area (Å²) in [5.74, 6) is 0.0943. The largest absolute Gasteiger partial charge is 0.388 e. The normalized spacial score (nSPS) is 24.4. The van der Waals surface area contributed by atoms with Crippen molar-refractivity contribution < 1.29 is 5.11 Å². The summed E-state index contributed by atoms with van der Waals surface area (Å²) in [6.07, 6.45) is 0.837. The van der Waals surface area contributed by atoms with E-state index in [9.17, 15) is 5.11 Å². The second-order valence-electron chi connectivity index (χ2n) is 3.97. The molecule has 0 aliphatic heterocycles. The van der Waals surface area contributed by atoms with Crippen LogP contribution in [0.3, 0.4) is 0 Å². The molecule has 2 unspecified atom stereocenters. The van der Waals surface area contributed by atoms with Crippen LogP contribution in [0.15, 0.2) is 18.2 Å². The Morgan fingerprint density at radius 2 is 2.36 bits per heavy atom. The van der Waals surface area contributed by atoms with Crippen molar-refractivity contribution in [3.63, 3.8) is 0 Å². The first-order chi connectivity index (χ1) is 6.72. The molecule has 0 amide bonds. The van der Waals surface area contributed by atoms with Gasteiger partial charge in [-0.25, -0.2) is 0 Å². The molecule has 14 heavy (non-hydrogen) atoms. The Balaban J connectivity index is 2.32. The van der Waals surface area contributed by atoms with E-state index in [4.69, 9.17) is 5.26 Å². The molecule has 72 valence electrons. The van der Waals surface area contributed by atoms with E-state index in [-0.39, 0.29) is 5.92 Å². The molecular weight excluding hydrogens is 174 g/mol. The fourth-order valence-corrected chi connectivity index (χ4v) is 2.12. The van der Waals surface area contributed by atoms with E-state index < -0.39 is 6.10 Å². The van der Waals surface area contributed by atoms with Crippen molar-refractivity contribution in [3.8, 4) is 6.07 Å². The van der Waals surface area contributed by atoms with Gasteiger partial charge in [-0.05, 0) is 24.5 Å². The SMILES string of the molecule is Cc1ccc2c(c1)C(O)C(CC#N)C2. The van der Waals surface area contributed by atoms with Crippen LogP contribution in [0.25, 0.3) is 0 Å². The highest BCUT2D eigenvalue weighted by atomic mass is 16.3. The lowest BCUT2D eigenvalue weighted by Gasteiger charge is -2.10. The van der Waals surface area contributed by atoms with Crippen LogP contribution in [0.4, 0.5) is 0 Å². The monoisotopic (exact) mass is 187 g/mol. The van der Waals surface area contributed by atoms with Crippen LogP contribution in [0.2, 0.25) is 0 Å². The highest BCUT2D eigenvalue weighted by Crippen LogP contribution is 2.37. The molecule has 1 aliphatic rings. The number of nitriles is 1. The molecule has 1 N–H and O–H groups in total. The first-order valence-electron chi connectivity index (χ1n) is 4.87. The minimum absolute atomic E-state index is 0.0943. The zero-order chi connectivity index (χ0) is 10.1. The van der Waals surface area contributed by atoms with E-state index in [0.29, 0.717) is 6.42 Å². The van der Waals surface area contributed by atoms with Gasteiger partial charge in [-0.1, -0.05) is 23.8 Å². The highest BCUT2D eigenvalue weighted by molar-refractivity contribution is 5.37. The van der Waals surface area contributed by atoms with Crippen LogP contribution < -0.4 is 0 Å². The fraction of sp³-hybridized carbons (Fsp3) is 0.417. The fourth-order valence-electron chi connectivity index (χ4n) is 2.12. The van der Waals surface area contributed by atoms with E-state index in [1.54, 1.807) is 0 Å². The van der Waals surface area contributed by atoms with E-state index in [1.165, 1.54) is 11.1 Å². The van der Waals surface area contributed by atoms with Gasteiger partial charge in [0.1, 0.15) is 0 Å². The Morgan fingerprint density at radius 1 is 1.57 bits per heavy atom. The van der Waals surface area contributed by atoms with Crippen molar-refractivity contribution in [2.24, 2.45) is 5.92 Å². The maximum atomic E-state index is 9.95. The van der Waals surface area contributed by atoms with Crippen molar-refractivity contribution in [2.45, 2.75) is 25.9 Å². The molecular formula is C12H13NO. The summed E-state index contributed by atoms with van der Waals surface area (Å²) in [5.41, 5.74) is 3.38. The summed E-state index contributed by atoms with van der Waals surface area (Å²) in [7, 11) is 0. The Labute approximate surface area is 83.8 Å². The Hall–Kier alpha value is -1.33. The van der Waals surface area contributed by atoms with Gasteiger partial charge in [0.05, 0.1) is 12.2 Å². The predicted molar refractivity (Wildman–Crippen MR) is 53.6 cm³/mol. The molecule has 0 radical (unpaired) electrons. The second-order valence-corrected chi connectivity index (χ2v) is 3.97. The molecule has 0 heterocycles. The van der Waals surface area contributed by atoms with Crippen molar-refractivity contribution in [1.29, 1.82) is 5.26 Å². The van der Waals surface area contributed by atoms with Crippen molar-refractivity contribution >= 4 is 0 Å². The van der Waals surface area contributed by atoms with Crippen LogP contribution >= 0.6 is 0 Å². The molecule has 2 heteroatoms. The lowest BCUT2D eigenvalue weighted by Crippen LogP contribution is -2.05. The molecule has 0 bridgehead atoms. The van der Waals surface area contributed by atoms with Crippen molar-refractivity contribution in [2.75, 3.05) is 0 Å². The van der Waals surface area contributed by atoms with Crippen LogP contribution in [-0.4, -0.2) is 5.11 Å². The van der Waals surface area contributed by atoms with Crippen LogP contribution in [0.5, 0.6) is 0 Å². The van der Waals surface area contributed by atoms with E-state index >= 15 is 0 Å². The van der Waals surface area contributed by atoms with Gasteiger partial charge in [0.25, 0.3) is 0 Å². The minimum Gasteiger partial charge on any atom is -0.388 e. The summed E-state index contributed by atoms with van der Waals surface area (Å²) < 4.78 is 0. The minimum atomic E-state index is -0.440. The standard InChI is InChI=1S/C12H13NO/c1-8-2-3-9-7-10(4-5-13)12(14)11(9)6-8/h2-3,6,10,12,14H,4,7H2,1H3. The molecule has 2 rings (SSSR count). The Morgan fingerprint density at radius 3 is 3.07 bits per heavy atom. The number of aryl methyl sites for hydroxylation is 1. The Kier molecular flexibility index (Phi) is 2.26. The molecule has 1 aliphatic carbocycles. The van der Waals surface area contributed by atoms with Gasteiger partial charge < -0.3 is 5.11 Å². The van der Waals surface area contributed by atoms with E-state index in [2.05, 4.69) is 18.2 Å². The lowest BCUT2D eigenvalue weighted by atomic mass is 10.0. The molecule has 1 aromatic carbocycles. The maximum Gasteiger partial charge on any atom is 0.0834 e. The van der Waals surface area contributed by atoms with E-state index in [0.717, 1.165) is 12.0 Å². The molecule has 0 fully saturated rings. The molecule has 0 spiro atoms. The zero-order valence-corrected chi connectivity index (χ0v) is 8.20. The van der Waals surface area contributed by atoms with Crippen molar-refractivity contribution in [3.05, 3.63) is 34.9 Å². The molecule has 2 nitrogen and oxygen atoms in total. The molecule has 0 saturated carbocycles. The number of hydrogen-bond donors (Lipinski definition) is 1. The summed E-state index contributed by atoms with van der Waals surface area (Å²) in [5, 5.41) is 18.6. The van der Waals surface area contributed by atoms with Gasteiger partial charge in [0.2, 0.25) is 0 Å². The average molecular weight is 187 g/mol. The van der Waals surface area contributed by atoms with Crippen LogP contribution in [0, 0.1) is 24.2 Å². The lowest BCUT2D eigenvalue weighted by molar-refractivity contribution is 0.125. The third-order valence-corrected chi connectivity index (χ3v) is 2.90. The summed E-state index contributed by atoms with van der Waals surface area (Å²) in [6, 6.07) is 8.27. The second kappa shape index (κ2) is 3.43. The Bertz CT molecular complexity index is 392. The quantitative estimate of drug-likeness (QED) is 0.731. The predicted octanol–water partition coefficient (Wildman–Crippen LogP) is 2.11. The average Bonchev–Trinajstić information content (AvgIpc) is 2.46. The first-order valence-corrected chi connectivity index (χ1v) is 4.87. The summed E-state index contributed by atoms with van der Waals surface area (Å²) in [4.78, 5) is 0. The van der Waals surface area contributed by atoms with Crippen LogP contribution in [-0.2, 0) is 6.42 Å². The number of nitrogens with zero attached hydrogens (tertiary/aromatic N) is 1. The summed E-state index contributed by atoms with van der Waals surface area (Å²) in [6.45, 7) is 2.02. The third kappa shape index (κ3) is 1.40. The first kappa shape index (κ1) is 9.23. The third-order valence-electron chi connectivity index (χ3n) is 2.90. The highest BCUT2D eigenvalue weighted by Gasteiger charge is 2.30.